The summed E-state index contributed by atoms with van der Waals surface area (Å²) >= 11 is 7.59. The van der Waals surface area contributed by atoms with Crippen molar-refractivity contribution in [1.29, 1.82) is 0 Å². The van der Waals surface area contributed by atoms with Crippen molar-refractivity contribution in [3.05, 3.63) is 130 Å². The van der Waals surface area contributed by atoms with Crippen molar-refractivity contribution in [3.63, 3.8) is 0 Å². The molecule has 0 saturated heterocycles. The molecule has 3 heteroatoms. The average Bonchev–Trinajstić information content (AvgIpc) is 4.00. The van der Waals surface area contributed by atoms with Crippen LogP contribution in [0, 0.1) is 0 Å². The third-order valence-corrected chi connectivity index (χ3v) is 18.8. The standard InChI is InChI=1S/C74H108ClN2/c1-7-9-11-13-15-17-19-21-23-25-27-29-31-33-35-41-58-76-68(73(3,4)66-54-50-60-44-37-39-48-64(60)71(66)76)56-52-62-46-43-47-63(70(62)75)53-57-69-74(5,6)67-55-51-61-45-38-40-49-65(61)72(67)77(69)59-42-36-34-32-30-28-26-24-22-20-18-16-14-12-10-8-2/h37-40,44-45,48-57H,7-36,41-43,46-47,58-59H2,1-6H3/q+1. The number of hydrogen-bond donors (Lipinski definition) is 0. The zero-order valence-electron chi connectivity index (χ0n) is 50.2. The molecule has 2 nitrogen and oxygen atoms in total. The summed E-state index contributed by atoms with van der Waals surface area (Å²) in [5.41, 5.74) is 10.9. The Kier molecular flexibility index (Phi) is 25.6. The molecule has 420 valence electrons. The Balaban J connectivity index is 0.990. The largest absolute Gasteiger partial charge is 0.343 e. The molecule has 2 heterocycles. The molecule has 1 aliphatic carbocycles. The van der Waals surface area contributed by atoms with Gasteiger partial charge < -0.3 is 4.90 Å². The molecule has 0 amide bonds. The summed E-state index contributed by atoms with van der Waals surface area (Å²) in [5, 5.41) is 6.36. The van der Waals surface area contributed by atoms with Gasteiger partial charge in [-0.3, -0.25) is 0 Å². The highest BCUT2D eigenvalue weighted by Crippen LogP contribution is 2.51. The van der Waals surface area contributed by atoms with Crippen LogP contribution in [0.1, 0.15) is 277 Å². The van der Waals surface area contributed by atoms with Crippen LogP contribution in [0.3, 0.4) is 0 Å². The zero-order chi connectivity index (χ0) is 54.1. The van der Waals surface area contributed by atoms with Crippen molar-refractivity contribution < 1.29 is 4.58 Å². The van der Waals surface area contributed by atoms with Crippen molar-refractivity contribution >= 4 is 50.2 Å². The van der Waals surface area contributed by atoms with Crippen molar-refractivity contribution in [3.8, 4) is 0 Å². The van der Waals surface area contributed by atoms with E-state index >= 15 is 0 Å². The number of halogens is 1. The van der Waals surface area contributed by atoms with E-state index in [1.807, 2.05) is 0 Å². The number of anilines is 1. The molecular formula is C74H108ClN2+. The lowest BCUT2D eigenvalue weighted by molar-refractivity contribution is -0.436. The zero-order valence-corrected chi connectivity index (χ0v) is 50.9. The first-order valence-corrected chi connectivity index (χ1v) is 33.0. The summed E-state index contributed by atoms with van der Waals surface area (Å²) < 4.78 is 2.70. The van der Waals surface area contributed by atoms with Crippen LogP contribution < -0.4 is 4.90 Å². The van der Waals surface area contributed by atoms with Gasteiger partial charge >= 0.3 is 0 Å². The van der Waals surface area contributed by atoms with E-state index in [9.17, 15) is 0 Å². The Bertz CT molecular complexity index is 2580. The Morgan fingerprint density at radius 3 is 1.45 bits per heavy atom. The van der Waals surface area contributed by atoms with E-state index < -0.39 is 0 Å². The van der Waals surface area contributed by atoms with Crippen LogP contribution in [0.25, 0.3) is 21.5 Å². The fourth-order valence-electron chi connectivity index (χ4n) is 13.6. The van der Waals surface area contributed by atoms with Gasteiger partial charge in [-0.25, -0.2) is 0 Å². The molecule has 0 unspecified atom stereocenters. The number of nitrogens with zero attached hydrogens (tertiary/aromatic N) is 2. The second-order valence-corrected chi connectivity index (χ2v) is 25.6. The maximum Gasteiger partial charge on any atom is 0.217 e. The minimum absolute atomic E-state index is 0.112. The molecular weight excluding hydrogens is 952 g/mol. The maximum absolute atomic E-state index is 7.59. The minimum atomic E-state index is -0.112. The van der Waals surface area contributed by atoms with Crippen molar-refractivity contribution in [2.45, 2.75) is 277 Å². The van der Waals surface area contributed by atoms with E-state index in [0.29, 0.717) is 0 Å². The smallest absolute Gasteiger partial charge is 0.217 e. The summed E-state index contributed by atoms with van der Waals surface area (Å²) in [6.45, 7) is 16.5. The van der Waals surface area contributed by atoms with Crippen molar-refractivity contribution in [1.82, 2.24) is 0 Å². The van der Waals surface area contributed by atoms with Crippen LogP contribution in [0.2, 0.25) is 0 Å². The van der Waals surface area contributed by atoms with Gasteiger partial charge in [0.2, 0.25) is 5.69 Å². The van der Waals surface area contributed by atoms with Gasteiger partial charge in [0.15, 0.2) is 5.71 Å². The summed E-state index contributed by atoms with van der Waals surface area (Å²) in [6, 6.07) is 27.6. The molecule has 0 atom stereocenters. The second-order valence-electron chi connectivity index (χ2n) is 25.2. The van der Waals surface area contributed by atoms with Crippen LogP contribution in [-0.4, -0.2) is 23.4 Å². The van der Waals surface area contributed by atoms with Crippen LogP contribution in [-0.2, 0) is 10.8 Å². The predicted molar refractivity (Wildman–Crippen MR) is 342 cm³/mol. The van der Waals surface area contributed by atoms with Gasteiger partial charge in [-0.1, -0.05) is 304 Å². The number of hydrogen-bond acceptors (Lipinski definition) is 1. The third kappa shape index (κ3) is 17.1. The van der Waals surface area contributed by atoms with E-state index in [1.165, 1.54) is 272 Å². The lowest BCUT2D eigenvalue weighted by atomic mass is 9.80. The highest BCUT2D eigenvalue weighted by atomic mass is 35.5. The minimum Gasteiger partial charge on any atom is -0.343 e. The maximum atomic E-state index is 7.59. The fourth-order valence-corrected chi connectivity index (χ4v) is 13.9. The van der Waals surface area contributed by atoms with Crippen LogP contribution >= 0.6 is 11.6 Å². The molecule has 0 aromatic heterocycles. The number of rotatable bonds is 37. The summed E-state index contributed by atoms with van der Waals surface area (Å²) in [4.78, 5) is 2.70. The van der Waals surface area contributed by atoms with Crippen LogP contribution in [0.15, 0.2) is 119 Å². The van der Waals surface area contributed by atoms with E-state index in [4.69, 9.17) is 11.6 Å². The molecule has 4 aromatic rings. The van der Waals surface area contributed by atoms with Gasteiger partial charge in [0.05, 0.1) is 16.5 Å². The van der Waals surface area contributed by atoms with Gasteiger partial charge in [0.1, 0.15) is 6.54 Å². The van der Waals surface area contributed by atoms with Crippen LogP contribution in [0.4, 0.5) is 11.4 Å². The van der Waals surface area contributed by atoms with Gasteiger partial charge in [-0.15, -0.1) is 0 Å². The van der Waals surface area contributed by atoms with Gasteiger partial charge in [-0.2, -0.15) is 4.58 Å². The van der Waals surface area contributed by atoms with Gasteiger partial charge in [0.25, 0.3) is 0 Å². The summed E-state index contributed by atoms with van der Waals surface area (Å²) in [5.74, 6) is 0. The molecule has 7 rings (SSSR count). The number of fused-ring (bicyclic) bond motifs is 6. The Morgan fingerprint density at radius 1 is 0.468 bits per heavy atom. The van der Waals surface area contributed by atoms with Gasteiger partial charge in [0, 0.05) is 46.1 Å². The first-order valence-electron chi connectivity index (χ1n) is 32.6. The number of unbranched alkanes of at least 4 members (excludes halogenated alkanes) is 30. The third-order valence-electron chi connectivity index (χ3n) is 18.4. The quantitative estimate of drug-likeness (QED) is 0.0322. The first-order chi connectivity index (χ1) is 37.7. The monoisotopic (exact) mass is 1060 g/mol. The predicted octanol–water partition coefficient (Wildman–Crippen LogP) is 23.7. The molecule has 2 aliphatic heterocycles. The Labute approximate surface area is 477 Å². The topological polar surface area (TPSA) is 6.25 Å². The first kappa shape index (κ1) is 60.8. The second kappa shape index (κ2) is 32.4. The van der Waals surface area contributed by atoms with E-state index in [1.54, 1.807) is 0 Å². The Hall–Kier alpha value is -3.88. The van der Waals surface area contributed by atoms with Crippen molar-refractivity contribution in [2.24, 2.45) is 0 Å². The molecule has 77 heavy (non-hydrogen) atoms. The molecule has 0 radical (unpaired) electrons. The average molecular weight is 1060 g/mol. The molecule has 0 N–H and O–H groups in total. The molecule has 0 fully saturated rings. The van der Waals surface area contributed by atoms with Crippen LogP contribution in [0.5, 0.6) is 0 Å². The molecule has 0 spiro atoms. The molecule has 4 aromatic carbocycles. The van der Waals surface area contributed by atoms with E-state index in [0.717, 1.165) is 37.4 Å². The lowest BCUT2D eigenvalue weighted by Crippen LogP contribution is -2.28. The van der Waals surface area contributed by atoms with Gasteiger partial charge in [-0.05, 0) is 85.6 Å². The Morgan fingerprint density at radius 2 is 0.922 bits per heavy atom. The SMILES string of the molecule is CCCCCCCCCCCCCCCCCCN1C(=CC=C2CCCC(C=CC3=[N+](CCCCCCCCCCCCCCCCCC)c4c(ccc5ccccc45)C3(C)C)=C2Cl)C(C)(C)c2ccc3ccccc3c21. The fraction of sp³-hybridized carbons (Fsp3) is 0.608. The number of allylic oxidation sites excluding steroid dienone is 8. The summed E-state index contributed by atoms with van der Waals surface area (Å²) in [6.07, 6.45) is 57.5. The molecule has 0 bridgehead atoms. The van der Waals surface area contributed by atoms with E-state index in [2.05, 4.69) is 148 Å². The van der Waals surface area contributed by atoms with Crippen molar-refractivity contribution in [2.75, 3.05) is 18.0 Å². The summed E-state index contributed by atoms with van der Waals surface area (Å²) in [7, 11) is 0. The molecule has 3 aliphatic rings. The normalized spacial score (nSPS) is 17.2. The highest BCUT2D eigenvalue weighted by molar-refractivity contribution is 6.32. The van der Waals surface area contributed by atoms with E-state index in [-0.39, 0.29) is 10.8 Å². The number of benzene rings is 4. The molecule has 0 saturated carbocycles. The lowest BCUT2D eigenvalue weighted by Gasteiger charge is -2.27. The highest BCUT2D eigenvalue weighted by Gasteiger charge is 2.45.